The van der Waals surface area contributed by atoms with Crippen molar-refractivity contribution in [3.63, 3.8) is 0 Å². The normalized spacial score (nSPS) is 9.94. The van der Waals surface area contributed by atoms with E-state index in [1.807, 2.05) is 71.9 Å². The first-order chi connectivity index (χ1) is 15.3. The summed E-state index contributed by atoms with van der Waals surface area (Å²) in [6.07, 6.45) is 5.03. The van der Waals surface area contributed by atoms with E-state index in [0.717, 1.165) is 27.8 Å². The lowest BCUT2D eigenvalue weighted by atomic mass is 10.0. The minimum atomic E-state index is -0.379. The molecule has 2 aromatic carbocycles. The first-order valence-electron chi connectivity index (χ1n) is 10.5. The largest absolute Gasteiger partial charge is 0.498 e. The zero-order valence-corrected chi connectivity index (χ0v) is 19.7. The lowest BCUT2D eigenvalue weighted by Crippen LogP contribution is -2.09. The maximum Gasteiger partial charge on any atom is 0.338 e. The third kappa shape index (κ3) is 8.34. The highest BCUT2D eigenvalue weighted by atomic mass is 16.6. The summed E-state index contributed by atoms with van der Waals surface area (Å²) in [5, 5.41) is 0. The van der Waals surface area contributed by atoms with Gasteiger partial charge in [0.1, 0.15) is 13.2 Å². The highest BCUT2D eigenvalue weighted by molar-refractivity contribution is 5.90. The van der Waals surface area contributed by atoms with E-state index in [9.17, 15) is 4.79 Å². The van der Waals surface area contributed by atoms with Crippen molar-refractivity contribution in [1.82, 2.24) is 0 Å². The molecular formula is C27H32O5. The molecule has 0 radical (unpaired) electrons. The maximum atomic E-state index is 12.2. The van der Waals surface area contributed by atoms with Crippen molar-refractivity contribution >= 4 is 5.97 Å². The van der Waals surface area contributed by atoms with Crippen LogP contribution in [0.1, 0.15) is 51.9 Å². The molecule has 0 amide bonds. The minimum Gasteiger partial charge on any atom is -0.498 e. The lowest BCUT2D eigenvalue weighted by molar-refractivity contribution is 0.0419. The van der Waals surface area contributed by atoms with Crippen LogP contribution in [0.25, 0.3) is 11.1 Å². The Balaban J connectivity index is 2.12. The van der Waals surface area contributed by atoms with Crippen LogP contribution in [0.15, 0.2) is 78.0 Å². The number of benzene rings is 2. The second-order valence-corrected chi connectivity index (χ2v) is 8.07. The van der Waals surface area contributed by atoms with Gasteiger partial charge in [0.15, 0.2) is 11.5 Å². The lowest BCUT2D eigenvalue weighted by Gasteiger charge is -2.11. The van der Waals surface area contributed by atoms with Crippen molar-refractivity contribution in [2.24, 2.45) is 0 Å². The van der Waals surface area contributed by atoms with E-state index < -0.39 is 0 Å². The molecule has 5 heteroatoms. The van der Waals surface area contributed by atoms with Crippen LogP contribution in [0.2, 0.25) is 0 Å². The average Bonchev–Trinajstić information content (AvgIpc) is 2.76. The van der Waals surface area contributed by atoms with Gasteiger partial charge in [-0.1, -0.05) is 18.2 Å². The standard InChI is InChI=1S/C27H32O5/c1-19(2)16-29-13-14-30-27(28)23-9-7-22(8-10-23)24-11-12-25(31-17-20(3)4)26(15-24)32-18-21(5)6/h7-12,15-18H,13-14H2,1-6H3. The topological polar surface area (TPSA) is 54.0 Å². The molecule has 32 heavy (non-hydrogen) atoms. The fourth-order valence-corrected chi connectivity index (χ4v) is 2.53. The predicted molar refractivity (Wildman–Crippen MR) is 128 cm³/mol. The number of hydrogen-bond donors (Lipinski definition) is 0. The average molecular weight is 437 g/mol. The molecule has 2 rings (SSSR count). The van der Waals surface area contributed by atoms with Crippen molar-refractivity contribution in [3.8, 4) is 22.6 Å². The van der Waals surface area contributed by atoms with Crippen LogP contribution in [0.3, 0.4) is 0 Å². The number of allylic oxidation sites excluding steroid dienone is 3. The third-order valence-electron chi connectivity index (χ3n) is 3.99. The Morgan fingerprint density at radius 3 is 1.84 bits per heavy atom. The summed E-state index contributed by atoms with van der Waals surface area (Å²) < 4.78 is 22.1. The van der Waals surface area contributed by atoms with E-state index in [-0.39, 0.29) is 12.6 Å². The van der Waals surface area contributed by atoms with Gasteiger partial charge in [-0.2, -0.15) is 0 Å². The first-order valence-corrected chi connectivity index (χ1v) is 10.5. The van der Waals surface area contributed by atoms with E-state index in [1.165, 1.54) is 0 Å². The fraction of sp³-hybridized carbons (Fsp3) is 0.296. The molecule has 0 N–H and O–H groups in total. The summed E-state index contributed by atoms with van der Waals surface area (Å²) in [5.74, 6) is 0.861. The molecule has 0 bridgehead atoms. The van der Waals surface area contributed by atoms with Crippen LogP contribution < -0.4 is 9.47 Å². The van der Waals surface area contributed by atoms with Crippen LogP contribution in [0.5, 0.6) is 11.5 Å². The van der Waals surface area contributed by atoms with Crippen LogP contribution in [0, 0.1) is 0 Å². The van der Waals surface area contributed by atoms with Crippen molar-refractivity contribution in [2.45, 2.75) is 41.5 Å². The molecule has 0 aromatic heterocycles. The quantitative estimate of drug-likeness (QED) is 0.227. The third-order valence-corrected chi connectivity index (χ3v) is 3.99. The van der Waals surface area contributed by atoms with Gasteiger partial charge in [-0.25, -0.2) is 4.79 Å². The molecule has 0 aliphatic carbocycles. The molecule has 0 spiro atoms. The molecule has 0 fully saturated rings. The molecule has 170 valence electrons. The van der Waals surface area contributed by atoms with Crippen LogP contribution in [0.4, 0.5) is 0 Å². The van der Waals surface area contributed by atoms with Crippen molar-refractivity contribution in [2.75, 3.05) is 13.2 Å². The van der Waals surface area contributed by atoms with E-state index >= 15 is 0 Å². The van der Waals surface area contributed by atoms with Gasteiger partial charge in [0.05, 0.1) is 24.3 Å². The Bertz CT molecular complexity index is 985. The zero-order valence-electron chi connectivity index (χ0n) is 19.7. The predicted octanol–water partition coefficient (Wildman–Crippen LogP) is 7.06. The minimum absolute atomic E-state index is 0.197. The van der Waals surface area contributed by atoms with Crippen LogP contribution in [-0.4, -0.2) is 19.2 Å². The molecule has 0 heterocycles. The Kier molecular flexibility index (Phi) is 9.61. The molecule has 2 aromatic rings. The maximum absolute atomic E-state index is 12.2. The smallest absolute Gasteiger partial charge is 0.338 e. The van der Waals surface area contributed by atoms with Gasteiger partial charge in [-0.3, -0.25) is 0 Å². The molecular weight excluding hydrogens is 404 g/mol. The molecule has 0 aliphatic heterocycles. The highest BCUT2D eigenvalue weighted by Gasteiger charge is 2.10. The molecule has 0 unspecified atom stereocenters. The molecule has 0 atom stereocenters. The van der Waals surface area contributed by atoms with Gasteiger partial charge in [-0.15, -0.1) is 0 Å². The monoisotopic (exact) mass is 436 g/mol. The van der Waals surface area contributed by atoms with Gasteiger partial charge >= 0.3 is 5.97 Å². The number of carbonyl (C=O) groups is 1. The number of rotatable bonds is 10. The summed E-state index contributed by atoms with van der Waals surface area (Å²) in [6, 6.07) is 13.0. The Hall–Kier alpha value is -3.47. The molecule has 5 nitrogen and oxygen atoms in total. The highest BCUT2D eigenvalue weighted by Crippen LogP contribution is 2.33. The van der Waals surface area contributed by atoms with Gasteiger partial charge in [0.2, 0.25) is 0 Å². The van der Waals surface area contributed by atoms with E-state index in [0.29, 0.717) is 23.7 Å². The van der Waals surface area contributed by atoms with Gasteiger partial charge in [0.25, 0.3) is 0 Å². The fourth-order valence-electron chi connectivity index (χ4n) is 2.53. The summed E-state index contributed by atoms with van der Waals surface area (Å²) in [7, 11) is 0. The second kappa shape index (κ2) is 12.4. The van der Waals surface area contributed by atoms with E-state index in [2.05, 4.69) is 0 Å². The van der Waals surface area contributed by atoms with E-state index in [4.69, 9.17) is 18.9 Å². The Labute approximate surface area is 191 Å². The number of hydrogen-bond acceptors (Lipinski definition) is 5. The van der Waals surface area contributed by atoms with Gasteiger partial charge in [0, 0.05) is 0 Å². The molecule has 0 saturated carbocycles. The molecule has 0 aliphatic rings. The number of carbonyl (C=O) groups excluding carboxylic acids is 1. The van der Waals surface area contributed by atoms with Crippen LogP contribution in [-0.2, 0) is 9.47 Å². The zero-order chi connectivity index (χ0) is 23.5. The summed E-state index contributed by atoms with van der Waals surface area (Å²) >= 11 is 0. The van der Waals surface area contributed by atoms with Gasteiger partial charge in [-0.05, 0) is 93.7 Å². The Morgan fingerprint density at radius 2 is 1.25 bits per heavy atom. The number of ether oxygens (including phenoxy) is 4. The summed E-state index contributed by atoms with van der Waals surface area (Å²) in [5.41, 5.74) is 5.52. The van der Waals surface area contributed by atoms with Crippen molar-refractivity contribution in [1.29, 1.82) is 0 Å². The Morgan fingerprint density at radius 1 is 0.688 bits per heavy atom. The summed E-state index contributed by atoms with van der Waals surface area (Å²) in [4.78, 5) is 12.2. The first kappa shape index (κ1) is 24.8. The van der Waals surface area contributed by atoms with E-state index in [1.54, 1.807) is 30.9 Å². The summed E-state index contributed by atoms with van der Waals surface area (Å²) in [6.45, 7) is 12.3. The molecule has 0 saturated heterocycles. The van der Waals surface area contributed by atoms with Gasteiger partial charge < -0.3 is 18.9 Å². The second-order valence-electron chi connectivity index (χ2n) is 8.07. The van der Waals surface area contributed by atoms with Crippen molar-refractivity contribution in [3.05, 3.63) is 83.5 Å². The SMILES string of the molecule is CC(C)=COCCOC(=O)c1ccc(-c2ccc(OC=C(C)C)c(OC=C(C)C)c2)cc1. The van der Waals surface area contributed by atoms with Crippen molar-refractivity contribution < 1.29 is 23.7 Å². The number of esters is 1. The van der Waals surface area contributed by atoms with Crippen LogP contribution >= 0.6 is 0 Å².